The highest BCUT2D eigenvalue weighted by molar-refractivity contribution is 5.48. The molecule has 2 aliphatic rings. The summed E-state index contributed by atoms with van der Waals surface area (Å²) in [6.45, 7) is 1.73. The van der Waals surface area contributed by atoms with Crippen molar-refractivity contribution in [1.29, 1.82) is 0 Å². The number of aliphatic hydroxyl groups is 1. The van der Waals surface area contributed by atoms with Gasteiger partial charge in [0, 0.05) is 25.4 Å². The van der Waals surface area contributed by atoms with Crippen molar-refractivity contribution >= 4 is 0 Å². The first-order chi connectivity index (χ1) is 8.62. The van der Waals surface area contributed by atoms with E-state index >= 15 is 0 Å². The number of hydrogen-bond acceptors (Lipinski definition) is 4. The van der Waals surface area contributed by atoms with Gasteiger partial charge in [-0.15, -0.1) is 0 Å². The third-order valence-corrected chi connectivity index (χ3v) is 4.05. The highest BCUT2D eigenvalue weighted by Gasteiger charge is 2.46. The second kappa shape index (κ2) is 4.14. The number of likely N-dealkylation sites (tertiary alicyclic amines) is 1. The van der Waals surface area contributed by atoms with Crippen LogP contribution in [0.15, 0.2) is 18.2 Å². The van der Waals surface area contributed by atoms with Gasteiger partial charge in [-0.05, 0) is 25.1 Å². The zero-order valence-corrected chi connectivity index (χ0v) is 10.8. The van der Waals surface area contributed by atoms with E-state index in [-0.39, 0.29) is 5.92 Å². The van der Waals surface area contributed by atoms with Gasteiger partial charge in [0.25, 0.3) is 0 Å². The molecule has 1 saturated heterocycles. The third-order valence-electron chi connectivity index (χ3n) is 4.05. The van der Waals surface area contributed by atoms with E-state index in [0.717, 1.165) is 25.1 Å². The molecule has 2 atom stereocenters. The normalized spacial score (nSPS) is 31.2. The molecule has 0 bridgehead atoms. The second-order valence-corrected chi connectivity index (χ2v) is 5.31. The van der Waals surface area contributed by atoms with Crippen molar-refractivity contribution in [1.82, 2.24) is 4.90 Å². The molecule has 0 saturated carbocycles. The Kier molecular flexibility index (Phi) is 2.72. The van der Waals surface area contributed by atoms with E-state index in [2.05, 4.69) is 11.9 Å². The highest BCUT2D eigenvalue weighted by Crippen LogP contribution is 2.44. The molecule has 4 nitrogen and oxygen atoms in total. The number of piperidine rings is 1. The molecule has 1 aromatic carbocycles. The van der Waals surface area contributed by atoms with Crippen LogP contribution in [0.3, 0.4) is 0 Å². The number of ether oxygens (including phenoxy) is 2. The van der Waals surface area contributed by atoms with Gasteiger partial charge in [-0.3, -0.25) is 0 Å². The number of benzene rings is 1. The smallest absolute Gasteiger partial charge is 0.213 e. The Morgan fingerprint density at radius 2 is 2.33 bits per heavy atom. The van der Waals surface area contributed by atoms with Crippen molar-refractivity contribution in [3.8, 4) is 11.5 Å². The van der Waals surface area contributed by atoms with Crippen LogP contribution in [0.5, 0.6) is 11.5 Å². The van der Waals surface area contributed by atoms with E-state index < -0.39 is 5.79 Å². The molecule has 2 heterocycles. The molecule has 0 unspecified atom stereocenters. The van der Waals surface area contributed by atoms with Gasteiger partial charge in [0.1, 0.15) is 0 Å². The van der Waals surface area contributed by atoms with Gasteiger partial charge in [0.05, 0.1) is 7.11 Å². The van der Waals surface area contributed by atoms with Crippen LogP contribution in [0.1, 0.15) is 12.0 Å². The maximum Gasteiger partial charge on any atom is 0.213 e. The highest BCUT2D eigenvalue weighted by atomic mass is 16.6. The average molecular weight is 249 g/mol. The molecule has 2 aliphatic heterocycles. The summed E-state index contributed by atoms with van der Waals surface area (Å²) in [5.41, 5.74) is 1.12. The van der Waals surface area contributed by atoms with Crippen LogP contribution in [0.2, 0.25) is 0 Å². The van der Waals surface area contributed by atoms with Gasteiger partial charge in [0.15, 0.2) is 11.5 Å². The maximum absolute atomic E-state index is 10.7. The number of hydrogen-bond donors (Lipinski definition) is 1. The molecule has 3 rings (SSSR count). The Labute approximate surface area is 107 Å². The van der Waals surface area contributed by atoms with Gasteiger partial charge in [-0.2, -0.15) is 0 Å². The average Bonchev–Trinajstić information content (AvgIpc) is 2.36. The fraction of sp³-hybridized carbons (Fsp3) is 0.571. The summed E-state index contributed by atoms with van der Waals surface area (Å²) in [6, 6.07) is 5.89. The quantitative estimate of drug-likeness (QED) is 0.814. The second-order valence-electron chi connectivity index (χ2n) is 5.31. The molecule has 0 amide bonds. The summed E-state index contributed by atoms with van der Waals surface area (Å²) in [7, 11) is 3.71. The van der Waals surface area contributed by atoms with Crippen molar-refractivity contribution in [3.05, 3.63) is 23.8 Å². The summed E-state index contributed by atoms with van der Waals surface area (Å²) >= 11 is 0. The van der Waals surface area contributed by atoms with Crippen LogP contribution >= 0.6 is 0 Å². The number of para-hydroxylation sites is 1. The lowest BCUT2D eigenvalue weighted by atomic mass is 9.83. The lowest BCUT2D eigenvalue weighted by Gasteiger charge is -2.46. The van der Waals surface area contributed by atoms with Crippen molar-refractivity contribution in [2.75, 3.05) is 27.2 Å². The van der Waals surface area contributed by atoms with E-state index in [4.69, 9.17) is 9.47 Å². The van der Waals surface area contributed by atoms with E-state index in [0.29, 0.717) is 17.9 Å². The van der Waals surface area contributed by atoms with Crippen LogP contribution in [0.4, 0.5) is 0 Å². The third kappa shape index (κ3) is 1.76. The molecule has 18 heavy (non-hydrogen) atoms. The fourth-order valence-corrected chi connectivity index (χ4v) is 2.96. The van der Waals surface area contributed by atoms with Crippen LogP contribution in [0, 0.1) is 5.92 Å². The largest absolute Gasteiger partial charge is 0.493 e. The van der Waals surface area contributed by atoms with Gasteiger partial charge >= 0.3 is 0 Å². The number of nitrogens with zero attached hydrogens (tertiary/aromatic N) is 1. The van der Waals surface area contributed by atoms with Crippen LogP contribution in [0.25, 0.3) is 0 Å². The lowest BCUT2D eigenvalue weighted by Crippen LogP contribution is -2.56. The lowest BCUT2D eigenvalue weighted by molar-refractivity contribution is -0.212. The number of rotatable bonds is 1. The fourth-order valence-electron chi connectivity index (χ4n) is 2.96. The van der Waals surface area contributed by atoms with Gasteiger partial charge in [-0.25, -0.2) is 0 Å². The Morgan fingerprint density at radius 1 is 1.50 bits per heavy atom. The van der Waals surface area contributed by atoms with Crippen molar-refractivity contribution in [3.63, 3.8) is 0 Å². The standard InChI is InChI=1S/C14H19NO3/c1-15-7-6-14(16)11(9-15)8-10-4-3-5-12(17-2)13(10)18-14/h3-5,11,16H,6-9H2,1-2H3/t11-,14-/m1/s1. The van der Waals surface area contributed by atoms with Gasteiger partial charge in [-0.1, -0.05) is 12.1 Å². The minimum atomic E-state index is -1.03. The number of fused-ring (bicyclic) bond motifs is 2. The van der Waals surface area contributed by atoms with Crippen molar-refractivity contribution in [2.45, 2.75) is 18.6 Å². The van der Waals surface area contributed by atoms with Crippen LogP contribution in [-0.2, 0) is 6.42 Å². The molecular formula is C14H19NO3. The molecular weight excluding hydrogens is 230 g/mol. The summed E-state index contributed by atoms with van der Waals surface area (Å²) in [4.78, 5) is 2.24. The molecule has 1 fully saturated rings. The maximum atomic E-state index is 10.7. The molecule has 1 aromatic rings. The van der Waals surface area contributed by atoms with Crippen molar-refractivity contribution < 1.29 is 14.6 Å². The summed E-state index contributed by atoms with van der Waals surface area (Å²) in [5.74, 6) is 0.520. The summed E-state index contributed by atoms with van der Waals surface area (Å²) in [5, 5.41) is 10.7. The number of methoxy groups -OCH3 is 1. The van der Waals surface area contributed by atoms with E-state index in [1.807, 2.05) is 18.2 Å². The molecule has 0 aliphatic carbocycles. The zero-order valence-electron chi connectivity index (χ0n) is 10.8. The molecule has 1 N–H and O–H groups in total. The Hall–Kier alpha value is -1.26. The zero-order chi connectivity index (χ0) is 12.8. The van der Waals surface area contributed by atoms with E-state index in [9.17, 15) is 5.11 Å². The predicted octanol–water partition coefficient (Wildman–Crippen LogP) is 1.27. The van der Waals surface area contributed by atoms with E-state index in [1.54, 1.807) is 7.11 Å². The molecule has 0 radical (unpaired) electrons. The Morgan fingerprint density at radius 3 is 3.11 bits per heavy atom. The van der Waals surface area contributed by atoms with Gasteiger partial charge in [0.2, 0.25) is 5.79 Å². The summed E-state index contributed by atoms with van der Waals surface area (Å²) in [6.07, 6.45) is 1.49. The molecule has 0 aromatic heterocycles. The predicted molar refractivity (Wildman–Crippen MR) is 67.9 cm³/mol. The SMILES string of the molecule is COc1cccc2c1O[C@]1(O)CCN(C)C[C@H]1C2. The minimum Gasteiger partial charge on any atom is -0.493 e. The first-order valence-electron chi connectivity index (χ1n) is 6.38. The minimum absolute atomic E-state index is 0.135. The van der Waals surface area contributed by atoms with E-state index in [1.165, 1.54) is 0 Å². The molecule has 4 heteroatoms. The molecule has 98 valence electrons. The summed E-state index contributed by atoms with van der Waals surface area (Å²) < 4.78 is 11.2. The Balaban J connectivity index is 1.98. The van der Waals surface area contributed by atoms with Crippen LogP contribution < -0.4 is 9.47 Å². The van der Waals surface area contributed by atoms with Crippen molar-refractivity contribution in [2.24, 2.45) is 5.92 Å². The monoisotopic (exact) mass is 249 g/mol. The first kappa shape index (κ1) is 11.8. The Bertz CT molecular complexity index is 462. The van der Waals surface area contributed by atoms with Crippen LogP contribution in [-0.4, -0.2) is 43.0 Å². The van der Waals surface area contributed by atoms with Gasteiger partial charge < -0.3 is 19.5 Å². The molecule has 0 spiro atoms. The topological polar surface area (TPSA) is 41.9 Å². The first-order valence-corrected chi connectivity index (χ1v) is 6.38.